The zero-order chi connectivity index (χ0) is 15.3. The van der Waals surface area contributed by atoms with E-state index in [2.05, 4.69) is 5.32 Å². The van der Waals surface area contributed by atoms with Crippen molar-refractivity contribution < 1.29 is 19.1 Å². The van der Waals surface area contributed by atoms with Crippen molar-refractivity contribution in [1.82, 2.24) is 0 Å². The zero-order valence-corrected chi connectivity index (χ0v) is 13.5. The molecule has 0 saturated carbocycles. The summed E-state index contributed by atoms with van der Waals surface area (Å²) in [6.45, 7) is 7.11. The van der Waals surface area contributed by atoms with Gasteiger partial charge in [0.1, 0.15) is 5.00 Å². The molecule has 7 heteroatoms. The number of hydrogen-bond donors (Lipinski definition) is 1. The number of rotatable bonds is 5. The Labute approximate surface area is 126 Å². The van der Waals surface area contributed by atoms with Crippen LogP contribution < -0.4 is 5.32 Å². The summed E-state index contributed by atoms with van der Waals surface area (Å²) in [5.74, 6) is -0.714. The van der Waals surface area contributed by atoms with E-state index in [1.807, 2.05) is 13.8 Å². The summed E-state index contributed by atoms with van der Waals surface area (Å²) in [4.78, 5) is 35.4. The van der Waals surface area contributed by atoms with Crippen molar-refractivity contribution in [2.24, 2.45) is 0 Å². The smallest absolute Gasteiger partial charge is 0.341 e. The molecule has 110 valence electrons. The maximum absolute atomic E-state index is 11.9. The van der Waals surface area contributed by atoms with Crippen molar-refractivity contribution in [3.8, 4) is 0 Å². The van der Waals surface area contributed by atoms with Gasteiger partial charge in [0.15, 0.2) is 5.12 Å². The van der Waals surface area contributed by atoms with Crippen LogP contribution in [0.15, 0.2) is 0 Å². The minimum absolute atomic E-state index is 0.0353. The van der Waals surface area contributed by atoms with Crippen molar-refractivity contribution in [1.29, 1.82) is 0 Å². The first-order valence-corrected chi connectivity index (χ1v) is 7.87. The van der Waals surface area contributed by atoms with Gasteiger partial charge in [0.25, 0.3) is 0 Å². The summed E-state index contributed by atoms with van der Waals surface area (Å²) in [6, 6.07) is 0. The monoisotopic (exact) mass is 315 g/mol. The second-order valence-electron chi connectivity index (χ2n) is 4.04. The summed E-state index contributed by atoms with van der Waals surface area (Å²) in [6.07, 6.45) is 0. The van der Waals surface area contributed by atoms with Gasteiger partial charge in [-0.2, -0.15) is 0 Å². The van der Waals surface area contributed by atoms with Crippen LogP contribution in [0.4, 0.5) is 5.00 Å². The van der Waals surface area contributed by atoms with Crippen LogP contribution >= 0.6 is 23.1 Å². The SMILES string of the molecule is CCOC(=O)c1c(NC(=O)CSC(C)=O)sc(C)c1C. The summed E-state index contributed by atoms with van der Waals surface area (Å²) < 4.78 is 5.00. The Balaban J connectivity index is 2.89. The van der Waals surface area contributed by atoms with Crippen LogP contribution in [-0.2, 0) is 14.3 Å². The molecule has 0 aliphatic heterocycles. The van der Waals surface area contributed by atoms with Gasteiger partial charge in [0.2, 0.25) is 5.91 Å². The van der Waals surface area contributed by atoms with Crippen LogP contribution in [0, 0.1) is 13.8 Å². The molecule has 1 heterocycles. The summed E-state index contributed by atoms with van der Waals surface area (Å²) >= 11 is 2.26. The van der Waals surface area contributed by atoms with E-state index >= 15 is 0 Å². The van der Waals surface area contributed by atoms with E-state index in [4.69, 9.17) is 4.74 Å². The number of ether oxygens (including phenoxy) is 1. The average Bonchev–Trinajstić information content (AvgIpc) is 2.62. The number of amides is 1. The second kappa shape index (κ2) is 7.44. The van der Waals surface area contributed by atoms with Gasteiger partial charge in [-0.05, 0) is 26.3 Å². The van der Waals surface area contributed by atoms with Gasteiger partial charge in [-0.25, -0.2) is 4.79 Å². The van der Waals surface area contributed by atoms with Crippen LogP contribution in [0.1, 0.15) is 34.6 Å². The highest BCUT2D eigenvalue weighted by molar-refractivity contribution is 8.14. The number of aryl methyl sites for hydroxylation is 1. The number of carbonyl (C=O) groups excluding carboxylic acids is 3. The molecule has 1 aromatic heterocycles. The first-order valence-electron chi connectivity index (χ1n) is 6.07. The molecule has 0 saturated heterocycles. The first-order chi connectivity index (χ1) is 9.36. The highest BCUT2D eigenvalue weighted by Gasteiger charge is 2.22. The van der Waals surface area contributed by atoms with E-state index in [9.17, 15) is 14.4 Å². The predicted molar refractivity (Wildman–Crippen MR) is 81.5 cm³/mol. The van der Waals surface area contributed by atoms with Crippen LogP contribution in [0.3, 0.4) is 0 Å². The van der Waals surface area contributed by atoms with Gasteiger partial charge in [0, 0.05) is 11.8 Å². The Bertz CT molecular complexity index is 537. The van der Waals surface area contributed by atoms with Gasteiger partial charge in [-0.15, -0.1) is 11.3 Å². The number of anilines is 1. The average molecular weight is 315 g/mol. The molecule has 5 nitrogen and oxygen atoms in total. The fraction of sp³-hybridized carbons (Fsp3) is 0.462. The van der Waals surface area contributed by atoms with E-state index in [0.717, 1.165) is 22.2 Å². The molecular formula is C13H17NO4S2. The van der Waals surface area contributed by atoms with Gasteiger partial charge >= 0.3 is 5.97 Å². The van der Waals surface area contributed by atoms with Crippen molar-refractivity contribution in [2.45, 2.75) is 27.7 Å². The highest BCUT2D eigenvalue weighted by Crippen LogP contribution is 2.33. The third-order valence-corrected chi connectivity index (χ3v) is 4.46. The molecular weight excluding hydrogens is 298 g/mol. The molecule has 0 aliphatic carbocycles. The molecule has 0 fully saturated rings. The predicted octanol–water partition coefficient (Wildman–Crippen LogP) is 2.76. The largest absolute Gasteiger partial charge is 0.462 e. The van der Waals surface area contributed by atoms with Gasteiger partial charge in [0.05, 0.1) is 17.9 Å². The lowest BCUT2D eigenvalue weighted by molar-refractivity contribution is -0.114. The molecule has 0 aromatic carbocycles. The van der Waals surface area contributed by atoms with E-state index in [1.54, 1.807) is 6.92 Å². The van der Waals surface area contributed by atoms with Crippen LogP contribution in [0.25, 0.3) is 0 Å². The molecule has 0 radical (unpaired) electrons. The molecule has 1 amide bonds. The Kier molecular flexibility index (Phi) is 6.22. The quantitative estimate of drug-likeness (QED) is 0.846. The zero-order valence-electron chi connectivity index (χ0n) is 11.9. The third kappa shape index (κ3) is 4.35. The molecule has 1 rings (SSSR count). The minimum Gasteiger partial charge on any atom is -0.462 e. The van der Waals surface area contributed by atoms with Gasteiger partial charge in [-0.1, -0.05) is 11.8 Å². The van der Waals surface area contributed by atoms with Crippen LogP contribution in [0.5, 0.6) is 0 Å². The van der Waals surface area contributed by atoms with Crippen molar-refractivity contribution in [2.75, 3.05) is 17.7 Å². The molecule has 1 aromatic rings. The number of carbonyl (C=O) groups is 3. The summed E-state index contributed by atoms with van der Waals surface area (Å²) in [5.41, 5.74) is 1.21. The van der Waals surface area contributed by atoms with E-state index in [1.165, 1.54) is 18.3 Å². The fourth-order valence-corrected chi connectivity index (χ4v) is 2.97. The number of hydrogen-bond acceptors (Lipinski definition) is 6. The molecule has 0 unspecified atom stereocenters. The second-order valence-corrected chi connectivity index (χ2v) is 6.41. The molecule has 0 spiro atoms. The third-order valence-electron chi connectivity index (χ3n) is 2.52. The van der Waals surface area contributed by atoms with Gasteiger partial charge < -0.3 is 10.1 Å². The Morgan fingerprint density at radius 2 is 1.95 bits per heavy atom. The molecule has 0 bridgehead atoms. The lowest BCUT2D eigenvalue weighted by Gasteiger charge is -2.06. The van der Waals surface area contributed by atoms with Gasteiger partial charge in [-0.3, -0.25) is 9.59 Å². The molecule has 1 N–H and O–H groups in total. The minimum atomic E-state index is -0.441. The Morgan fingerprint density at radius 1 is 1.30 bits per heavy atom. The van der Waals surface area contributed by atoms with Crippen molar-refractivity contribution >= 4 is 45.1 Å². The molecule has 0 atom stereocenters. The maximum Gasteiger partial charge on any atom is 0.341 e. The molecule has 20 heavy (non-hydrogen) atoms. The standard InChI is InChI=1S/C13H17NO4S2/c1-5-18-13(17)11-7(2)8(3)20-12(11)14-10(16)6-19-9(4)15/h5-6H2,1-4H3,(H,14,16). The number of esters is 1. The summed E-state index contributed by atoms with van der Waals surface area (Å²) in [5, 5.41) is 3.03. The molecule has 0 aliphatic rings. The van der Waals surface area contributed by atoms with Crippen LogP contribution in [-0.4, -0.2) is 29.4 Å². The normalized spacial score (nSPS) is 10.2. The topological polar surface area (TPSA) is 72.5 Å². The van der Waals surface area contributed by atoms with Crippen LogP contribution in [0.2, 0.25) is 0 Å². The number of nitrogens with one attached hydrogen (secondary N) is 1. The fourth-order valence-electron chi connectivity index (χ4n) is 1.49. The Hall–Kier alpha value is -1.34. The lowest BCUT2D eigenvalue weighted by atomic mass is 10.1. The van der Waals surface area contributed by atoms with E-state index in [-0.39, 0.29) is 23.4 Å². The lowest BCUT2D eigenvalue weighted by Crippen LogP contribution is -2.17. The highest BCUT2D eigenvalue weighted by atomic mass is 32.2. The van der Waals surface area contributed by atoms with Crippen molar-refractivity contribution in [3.05, 3.63) is 16.0 Å². The van der Waals surface area contributed by atoms with E-state index < -0.39 is 5.97 Å². The first kappa shape index (κ1) is 16.7. The summed E-state index contributed by atoms with van der Waals surface area (Å²) in [7, 11) is 0. The maximum atomic E-state index is 11.9. The van der Waals surface area contributed by atoms with Crippen molar-refractivity contribution in [3.63, 3.8) is 0 Å². The number of thiophene rings is 1. The number of thioether (sulfide) groups is 1. The Morgan fingerprint density at radius 3 is 2.50 bits per heavy atom. The van der Waals surface area contributed by atoms with E-state index in [0.29, 0.717) is 10.6 Å².